The molecular weight excluding hydrogens is 422 g/mol. The van der Waals surface area contributed by atoms with Crippen LogP contribution in [0.1, 0.15) is 43.7 Å². The lowest BCUT2D eigenvalue weighted by Crippen LogP contribution is -2.43. The number of likely N-dealkylation sites (tertiary alicyclic amines) is 1. The van der Waals surface area contributed by atoms with E-state index < -0.39 is 0 Å². The Morgan fingerprint density at radius 2 is 1.88 bits per heavy atom. The molecule has 3 aromatic rings. The quantitative estimate of drug-likeness (QED) is 0.524. The van der Waals surface area contributed by atoms with Crippen molar-refractivity contribution >= 4 is 27.3 Å². The SMILES string of the molecule is COc1cc(O)c(C(CC(=O)N2CC(C)CC(C)C2)c2csc3ccccc23)c(OC)c1. The summed E-state index contributed by atoms with van der Waals surface area (Å²) in [6, 6.07) is 11.6. The number of thiophene rings is 1. The molecule has 1 amide bonds. The maximum absolute atomic E-state index is 13.5. The number of ether oxygens (including phenoxy) is 2. The van der Waals surface area contributed by atoms with Crippen LogP contribution in [0.2, 0.25) is 0 Å². The van der Waals surface area contributed by atoms with E-state index in [-0.39, 0.29) is 24.0 Å². The number of methoxy groups -OCH3 is 2. The molecule has 1 aromatic heterocycles. The van der Waals surface area contributed by atoms with Crippen LogP contribution < -0.4 is 9.47 Å². The van der Waals surface area contributed by atoms with Gasteiger partial charge in [0.15, 0.2) is 0 Å². The molecule has 1 fully saturated rings. The van der Waals surface area contributed by atoms with E-state index in [1.54, 1.807) is 37.7 Å². The first-order chi connectivity index (χ1) is 15.4. The van der Waals surface area contributed by atoms with Gasteiger partial charge in [0.25, 0.3) is 0 Å². The van der Waals surface area contributed by atoms with Crippen molar-refractivity contribution in [2.24, 2.45) is 11.8 Å². The van der Waals surface area contributed by atoms with E-state index in [1.165, 1.54) is 0 Å². The van der Waals surface area contributed by atoms with E-state index in [4.69, 9.17) is 9.47 Å². The van der Waals surface area contributed by atoms with Crippen LogP contribution in [0.5, 0.6) is 17.2 Å². The molecule has 4 rings (SSSR count). The Kier molecular flexibility index (Phi) is 6.60. The van der Waals surface area contributed by atoms with Crippen molar-refractivity contribution in [1.29, 1.82) is 0 Å². The first-order valence-electron chi connectivity index (χ1n) is 11.1. The summed E-state index contributed by atoms with van der Waals surface area (Å²) in [7, 11) is 3.14. The lowest BCUT2D eigenvalue weighted by atomic mass is 9.85. The molecule has 5 nitrogen and oxygen atoms in total. The molecule has 3 atom stereocenters. The standard InChI is InChI=1S/C26H31NO4S/c1-16-9-17(2)14-27(13-16)25(29)12-20(21-15-32-24-8-6-5-7-19(21)24)26-22(28)10-18(30-3)11-23(26)31-4/h5-8,10-11,15-17,20,28H,9,12-14H2,1-4H3. The van der Waals surface area contributed by atoms with Crippen LogP contribution in [-0.4, -0.2) is 43.2 Å². The third-order valence-corrected chi connectivity index (χ3v) is 7.37. The summed E-state index contributed by atoms with van der Waals surface area (Å²) in [5, 5.41) is 14.2. The van der Waals surface area contributed by atoms with E-state index in [1.807, 2.05) is 17.0 Å². The van der Waals surface area contributed by atoms with Gasteiger partial charge in [0.2, 0.25) is 5.91 Å². The molecule has 1 N–H and O–H groups in total. The summed E-state index contributed by atoms with van der Waals surface area (Å²) in [6.45, 7) is 5.98. The predicted octanol–water partition coefficient (Wildman–Crippen LogP) is 5.65. The zero-order valence-electron chi connectivity index (χ0n) is 19.1. The average molecular weight is 454 g/mol. The highest BCUT2D eigenvalue weighted by Gasteiger charge is 2.32. The zero-order valence-corrected chi connectivity index (χ0v) is 19.9. The number of phenolic OH excluding ortho intramolecular Hbond substituents is 1. The lowest BCUT2D eigenvalue weighted by Gasteiger charge is -2.36. The zero-order chi connectivity index (χ0) is 22.8. The van der Waals surface area contributed by atoms with Crippen molar-refractivity contribution < 1.29 is 19.4 Å². The second kappa shape index (κ2) is 9.41. The molecule has 2 aromatic carbocycles. The van der Waals surface area contributed by atoms with E-state index in [0.29, 0.717) is 28.9 Å². The number of benzene rings is 2. The van der Waals surface area contributed by atoms with Gasteiger partial charge in [-0.1, -0.05) is 32.0 Å². The molecule has 0 radical (unpaired) electrons. The minimum absolute atomic E-state index is 0.0784. The van der Waals surface area contributed by atoms with Crippen LogP contribution in [0.4, 0.5) is 0 Å². The minimum Gasteiger partial charge on any atom is -0.507 e. The van der Waals surface area contributed by atoms with Gasteiger partial charge in [0, 0.05) is 47.8 Å². The first kappa shape index (κ1) is 22.5. The summed E-state index contributed by atoms with van der Waals surface area (Å²) < 4.78 is 12.1. The average Bonchev–Trinajstić information content (AvgIpc) is 3.20. The number of amides is 1. The Bertz CT molecular complexity index is 1100. The third kappa shape index (κ3) is 4.42. The molecular formula is C26H31NO4S. The Balaban J connectivity index is 1.79. The van der Waals surface area contributed by atoms with E-state index in [0.717, 1.165) is 35.2 Å². The van der Waals surface area contributed by atoms with Gasteiger partial charge >= 0.3 is 0 Å². The van der Waals surface area contributed by atoms with Gasteiger partial charge in [-0.15, -0.1) is 11.3 Å². The molecule has 3 unspecified atom stereocenters. The molecule has 32 heavy (non-hydrogen) atoms. The number of carbonyl (C=O) groups excluding carboxylic acids is 1. The summed E-state index contributed by atoms with van der Waals surface area (Å²) in [6.07, 6.45) is 1.42. The molecule has 1 aliphatic rings. The summed E-state index contributed by atoms with van der Waals surface area (Å²) in [4.78, 5) is 15.5. The number of aromatic hydroxyl groups is 1. The second-order valence-corrected chi connectivity index (χ2v) is 9.86. The number of hydrogen-bond donors (Lipinski definition) is 1. The van der Waals surface area contributed by atoms with E-state index in [9.17, 15) is 9.90 Å². The summed E-state index contributed by atoms with van der Waals surface area (Å²) in [5.74, 6) is 1.89. The van der Waals surface area contributed by atoms with Crippen LogP contribution in [0.3, 0.4) is 0 Å². The molecule has 0 saturated carbocycles. The normalized spacial score (nSPS) is 19.7. The molecule has 2 heterocycles. The van der Waals surface area contributed by atoms with E-state index >= 15 is 0 Å². The van der Waals surface area contributed by atoms with Crippen molar-refractivity contribution in [1.82, 2.24) is 4.90 Å². The number of piperidine rings is 1. The monoisotopic (exact) mass is 453 g/mol. The van der Waals surface area contributed by atoms with Gasteiger partial charge in [0.05, 0.1) is 14.2 Å². The van der Waals surface area contributed by atoms with Gasteiger partial charge < -0.3 is 19.5 Å². The Hall–Kier alpha value is -2.73. The molecule has 1 saturated heterocycles. The molecule has 0 spiro atoms. The van der Waals surface area contributed by atoms with Crippen LogP contribution in [-0.2, 0) is 4.79 Å². The molecule has 0 bridgehead atoms. The second-order valence-electron chi connectivity index (χ2n) is 8.95. The van der Waals surface area contributed by atoms with Crippen LogP contribution in [0, 0.1) is 11.8 Å². The predicted molar refractivity (Wildman–Crippen MR) is 129 cm³/mol. The van der Waals surface area contributed by atoms with Crippen LogP contribution in [0.25, 0.3) is 10.1 Å². The number of nitrogens with zero attached hydrogens (tertiary/aromatic N) is 1. The van der Waals surface area contributed by atoms with Crippen molar-refractivity contribution in [2.45, 2.75) is 32.6 Å². The minimum atomic E-state index is -0.327. The van der Waals surface area contributed by atoms with Crippen LogP contribution >= 0.6 is 11.3 Å². The third-order valence-electron chi connectivity index (χ3n) is 6.38. The fourth-order valence-electron chi connectivity index (χ4n) is 5.03. The van der Waals surface area contributed by atoms with Gasteiger partial charge in [-0.2, -0.15) is 0 Å². The van der Waals surface area contributed by atoms with Gasteiger partial charge in [-0.05, 0) is 40.7 Å². The molecule has 0 aliphatic carbocycles. The number of rotatable bonds is 6. The van der Waals surface area contributed by atoms with E-state index in [2.05, 4.69) is 31.4 Å². The Morgan fingerprint density at radius 3 is 2.56 bits per heavy atom. The number of fused-ring (bicyclic) bond motifs is 1. The fraction of sp³-hybridized carbons (Fsp3) is 0.423. The lowest BCUT2D eigenvalue weighted by molar-refractivity contribution is -0.134. The number of hydrogen-bond acceptors (Lipinski definition) is 5. The topological polar surface area (TPSA) is 59.0 Å². The summed E-state index contributed by atoms with van der Waals surface area (Å²) >= 11 is 1.66. The highest BCUT2D eigenvalue weighted by Crippen LogP contribution is 2.46. The van der Waals surface area contributed by atoms with Gasteiger partial charge in [0.1, 0.15) is 17.2 Å². The van der Waals surface area contributed by atoms with Crippen molar-refractivity contribution in [3.05, 3.63) is 52.9 Å². The molecule has 170 valence electrons. The Morgan fingerprint density at radius 1 is 1.16 bits per heavy atom. The largest absolute Gasteiger partial charge is 0.507 e. The Labute approximate surface area is 193 Å². The van der Waals surface area contributed by atoms with Crippen molar-refractivity contribution in [2.75, 3.05) is 27.3 Å². The fourth-order valence-corrected chi connectivity index (χ4v) is 6.05. The number of carbonyl (C=O) groups is 1. The smallest absolute Gasteiger partial charge is 0.223 e. The van der Waals surface area contributed by atoms with Crippen molar-refractivity contribution in [3.8, 4) is 17.2 Å². The van der Waals surface area contributed by atoms with Gasteiger partial charge in [-0.3, -0.25) is 4.79 Å². The summed E-state index contributed by atoms with van der Waals surface area (Å²) in [5.41, 5.74) is 1.67. The van der Waals surface area contributed by atoms with Crippen LogP contribution in [0.15, 0.2) is 41.8 Å². The number of phenols is 1. The highest BCUT2D eigenvalue weighted by molar-refractivity contribution is 7.17. The highest BCUT2D eigenvalue weighted by atomic mass is 32.1. The maximum atomic E-state index is 13.5. The van der Waals surface area contributed by atoms with Gasteiger partial charge in [-0.25, -0.2) is 0 Å². The first-order valence-corrected chi connectivity index (χ1v) is 12.0. The molecule has 6 heteroatoms. The molecule has 1 aliphatic heterocycles. The maximum Gasteiger partial charge on any atom is 0.223 e. The van der Waals surface area contributed by atoms with Crippen molar-refractivity contribution in [3.63, 3.8) is 0 Å².